The predicted molar refractivity (Wildman–Crippen MR) is 141 cm³/mol. The van der Waals surface area contributed by atoms with Crippen molar-refractivity contribution in [2.75, 3.05) is 57.3 Å². The Morgan fingerprint density at radius 3 is 2.55 bits per heavy atom. The van der Waals surface area contributed by atoms with Gasteiger partial charge >= 0.3 is 0 Å². The van der Waals surface area contributed by atoms with Gasteiger partial charge in [0.15, 0.2) is 5.96 Å². The lowest BCUT2D eigenvalue weighted by molar-refractivity contribution is 0.243. The average Bonchev–Trinajstić information content (AvgIpc) is 2.75. The van der Waals surface area contributed by atoms with Crippen LogP contribution in [0.2, 0.25) is 0 Å². The number of aliphatic hydroxyl groups excluding tert-OH is 1. The summed E-state index contributed by atoms with van der Waals surface area (Å²) in [4.78, 5) is 14.2. The molecule has 0 radical (unpaired) electrons. The Morgan fingerprint density at radius 2 is 1.94 bits per heavy atom. The van der Waals surface area contributed by atoms with Crippen molar-refractivity contribution in [2.24, 2.45) is 16.8 Å². The highest BCUT2D eigenvalue weighted by molar-refractivity contribution is 14.0. The van der Waals surface area contributed by atoms with Crippen LogP contribution in [0.25, 0.3) is 0 Å². The zero-order valence-electron chi connectivity index (χ0n) is 19.8. The summed E-state index contributed by atoms with van der Waals surface area (Å²) in [5.74, 6) is 2.96. The molecule has 8 heteroatoms. The number of nitrogens with zero attached hydrogens (tertiary/aromatic N) is 4. The molecule has 0 aromatic carbocycles. The molecule has 1 aromatic rings. The molecular formula is C23H43IN6O. The molecule has 7 nitrogen and oxygen atoms in total. The van der Waals surface area contributed by atoms with E-state index in [2.05, 4.69) is 59.2 Å². The minimum absolute atomic E-state index is 0. The van der Waals surface area contributed by atoms with Gasteiger partial charge in [-0.2, -0.15) is 0 Å². The molecule has 0 amide bonds. The minimum Gasteiger partial charge on any atom is -0.396 e. The maximum absolute atomic E-state index is 9.35. The third-order valence-electron chi connectivity index (χ3n) is 5.62. The lowest BCUT2D eigenvalue weighted by Gasteiger charge is -2.34. The number of anilines is 1. The van der Waals surface area contributed by atoms with E-state index in [1.807, 2.05) is 12.3 Å². The van der Waals surface area contributed by atoms with E-state index in [0.29, 0.717) is 18.4 Å². The number of pyridine rings is 1. The van der Waals surface area contributed by atoms with Crippen molar-refractivity contribution in [2.45, 2.75) is 47.1 Å². The number of hydrogen-bond donors (Lipinski definition) is 3. The molecule has 0 aliphatic carbocycles. The van der Waals surface area contributed by atoms with Gasteiger partial charge in [0.05, 0.1) is 6.54 Å². The molecule has 31 heavy (non-hydrogen) atoms. The number of aromatic nitrogens is 1. The summed E-state index contributed by atoms with van der Waals surface area (Å²) in [6.07, 6.45) is 3.82. The Hall–Kier alpha value is -1.13. The van der Waals surface area contributed by atoms with E-state index in [0.717, 1.165) is 70.4 Å². The highest BCUT2D eigenvalue weighted by atomic mass is 127. The van der Waals surface area contributed by atoms with Gasteiger partial charge in [-0.15, -0.1) is 24.0 Å². The van der Waals surface area contributed by atoms with Crippen LogP contribution in [-0.2, 0) is 6.54 Å². The van der Waals surface area contributed by atoms with Crippen LogP contribution in [0.5, 0.6) is 0 Å². The van der Waals surface area contributed by atoms with Crippen molar-refractivity contribution in [3.05, 3.63) is 23.9 Å². The molecule has 0 bridgehead atoms. The number of aliphatic imine (C=N–C) groups is 1. The quantitative estimate of drug-likeness (QED) is 0.225. The Morgan fingerprint density at radius 1 is 1.19 bits per heavy atom. The fraction of sp³-hybridized carbons (Fsp3) is 0.739. The van der Waals surface area contributed by atoms with Gasteiger partial charge in [0.25, 0.3) is 0 Å². The number of likely N-dealkylation sites (N-methyl/N-ethyl adjacent to an activating group) is 1. The highest BCUT2D eigenvalue weighted by Gasteiger charge is 2.17. The standard InChI is InChI=1S/C23H42N6O.HI/c1-5-24-23(27-18-21(8-14-30)15-19(3)4)26-17-20-7-9-25-22(16-20)29-12-10-28(6-2)11-13-29;/h7,9,16,19,21,30H,5-6,8,10-15,17-18H2,1-4H3,(H2,24,26,27);1H. The molecule has 3 N–H and O–H groups in total. The number of rotatable bonds is 11. The van der Waals surface area contributed by atoms with Crippen molar-refractivity contribution in [1.29, 1.82) is 0 Å². The van der Waals surface area contributed by atoms with Gasteiger partial charge in [0, 0.05) is 52.1 Å². The largest absolute Gasteiger partial charge is 0.396 e. The van der Waals surface area contributed by atoms with E-state index in [-0.39, 0.29) is 30.6 Å². The van der Waals surface area contributed by atoms with Crippen molar-refractivity contribution < 1.29 is 5.11 Å². The molecule has 0 spiro atoms. The van der Waals surface area contributed by atoms with E-state index in [4.69, 9.17) is 4.99 Å². The topological polar surface area (TPSA) is 76.0 Å². The van der Waals surface area contributed by atoms with Crippen LogP contribution in [0.15, 0.2) is 23.3 Å². The first kappa shape index (κ1) is 27.9. The Bertz CT molecular complexity index is 634. The molecule has 2 heterocycles. The van der Waals surface area contributed by atoms with Crippen LogP contribution in [0.4, 0.5) is 5.82 Å². The van der Waals surface area contributed by atoms with E-state index in [9.17, 15) is 5.11 Å². The Kier molecular flexibility index (Phi) is 14.1. The molecule has 1 aliphatic rings. The first-order valence-electron chi connectivity index (χ1n) is 11.6. The molecule has 0 saturated carbocycles. The monoisotopic (exact) mass is 546 g/mol. The van der Waals surface area contributed by atoms with Crippen LogP contribution >= 0.6 is 24.0 Å². The number of guanidine groups is 1. The van der Waals surface area contributed by atoms with Gasteiger partial charge in [-0.3, -0.25) is 0 Å². The van der Waals surface area contributed by atoms with Gasteiger partial charge in [0.2, 0.25) is 0 Å². The summed E-state index contributed by atoms with van der Waals surface area (Å²) in [7, 11) is 0. The summed E-state index contributed by atoms with van der Waals surface area (Å²) in [5, 5.41) is 16.2. The van der Waals surface area contributed by atoms with Crippen LogP contribution in [0.3, 0.4) is 0 Å². The minimum atomic E-state index is 0. The molecule has 1 unspecified atom stereocenters. The Labute approximate surface area is 206 Å². The van der Waals surface area contributed by atoms with Gasteiger partial charge < -0.3 is 25.5 Å². The SMILES string of the molecule is CCNC(=NCc1ccnc(N2CCN(CC)CC2)c1)NCC(CCO)CC(C)C.I. The molecule has 2 rings (SSSR count). The maximum Gasteiger partial charge on any atom is 0.191 e. The highest BCUT2D eigenvalue weighted by Crippen LogP contribution is 2.16. The molecule has 1 saturated heterocycles. The normalized spacial score (nSPS) is 16.2. The molecule has 1 fully saturated rings. The second-order valence-electron chi connectivity index (χ2n) is 8.53. The van der Waals surface area contributed by atoms with Crippen LogP contribution < -0.4 is 15.5 Å². The van der Waals surface area contributed by atoms with Crippen LogP contribution in [0.1, 0.15) is 46.1 Å². The van der Waals surface area contributed by atoms with Crippen molar-refractivity contribution in [1.82, 2.24) is 20.5 Å². The first-order valence-corrected chi connectivity index (χ1v) is 11.6. The smallest absolute Gasteiger partial charge is 0.191 e. The van der Waals surface area contributed by atoms with Crippen LogP contribution in [0, 0.1) is 11.8 Å². The second-order valence-corrected chi connectivity index (χ2v) is 8.53. The fourth-order valence-corrected chi connectivity index (χ4v) is 3.93. The van der Waals surface area contributed by atoms with Crippen molar-refractivity contribution >= 4 is 35.8 Å². The lowest BCUT2D eigenvalue weighted by atomic mass is 9.94. The Balaban J connectivity index is 0.00000480. The number of halogens is 1. The van der Waals surface area contributed by atoms with Gasteiger partial charge in [-0.25, -0.2) is 9.98 Å². The van der Waals surface area contributed by atoms with E-state index in [1.54, 1.807) is 0 Å². The van der Waals surface area contributed by atoms with Gasteiger partial charge in [-0.05, 0) is 55.8 Å². The van der Waals surface area contributed by atoms with E-state index >= 15 is 0 Å². The molecular weight excluding hydrogens is 503 g/mol. The number of piperazine rings is 1. The molecule has 1 atom stereocenters. The first-order chi connectivity index (χ1) is 14.5. The maximum atomic E-state index is 9.35. The van der Waals surface area contributed by atoms with E-state index < -0.39 is 0 Å². The zero-order valence-corrected chi connectivity index (χ0v) is 22.1. The summed E-state index contributed by atoms with van der Waals surface area (Å²) in [6.45, 7) is 16.6. The fourth-order valence-electron chi connectivity index (χ4n) is 3.93. The van der Waals surface area contributed by atoms with Crippen molar-refractivity contribution in [3.8, 4) is 0 Å². The van der Waals surface area contributed by atoms with Crippen LogP contribution in [-0.4, -0.2) is 73.4 Å². The summed E-state index contributed by atoms with van der Waals surface area (Å²) in [5.41, 5.74) is 1.17. The lowest BCUT2D eigenvalue weighted by Crippen LogP contribution is -2.46. The summed E-state index contributed by atoms with van der Waals surface area (Å²) >= 11 is 0. The third-order valence-corrected chi connectivity index (χ3v) is 5.62. The molecule has 1 aromatic heterocycles. The van der Waals surface area contributed by atoms with Gasteiger partial charge in [0.1, 0.15) is 5.82 Å². The van der Waals surface area contributed by atoms with Gasteiger partial charge in [-0.1, -0.05) is 20.8 Å². The third kappa shape index (κ3) is 10.4. The average molecular weight is 547 g/mol. The molecule has 1 aliphatic heterocycles. The summed E-state index contributed by atoms with van der Waals surface area (Å²) < 4.78 is 0. The van der Waals surface area contributed by atoms with E-state index in [1.165, 1.54) is 5.56 Å². The molecule has 178 valence electrons. The number of nitrogens with one attached hydrogen (secondary N) is 2. The number of aliphatic hydroxyl groups is 1. The summed E-state index contributed by atoms with van der Waals surface area (Å²) in [6, 6.07) is 4.22. The number of hydrogen-bond acceptors (Lipinski definition) is 5. The second kappa shape index (κ2) is 15.6. The van der Waals surface area contributed by atoms with Crippen molar-refractivity contribution in [3.63, 3.8) is 0 Å². The zero-order chi connectivity index (χ0) is 21.8. The predicted octanol–water partition coefficient (Wildman–Crippen LogP) is 2.94.